The highest BCUT2D eigenvalue weighted by atomic mass is 14.6. The summed E-state index contributed by atoms with van der Waals surface area (Å²) in [6.07, 6.45) is 3.46. The van der Waals surface area contributed by atoms with Crippen molar-refractivity contribution < 1.29 is 0 Å². The summed E-state index contributed by atoms with van der Waals surface area (Å²) < 4.78 is 0. The monoisotopic (exact) mass is 162 g/mol. The minimum atomic E-state index is 0.206. The predicted octanol–water partition coefficient (Wildman–Crippen LogP) is 1.60. The molecule has 1 aliphatic rings. The maximum absolute atomic E-state index is 5.96. The van der Waals surface area contributed by atoms with Crippen LogP contribution in [0.2, 0.25) is 0 Å². The van der Waals surface area contributed by atoms with Gasteiger partial charge in [0.15, 0.2) is 0 Å². The Morgan fingerprint density at radius 2 is 2.17 bits per heavy atom. The van der Waals surface area contributed by atoms with E-state index in [1.807, 2.05) is 12.1 Å². The number of aryl methyl sites for hydroxylation is 1. The summed E-state index contributed by atoms with van der Waals surface area (Å²) in [4.78, 5) is 0. The zero-order valence-corrected chi connectivity index (χ0v) is 7.09. The molecule has 0 amide bonds. The fourth-order valence-corrected chi connectivity index (χ4v) is 1.85. The van der Waals surface area contributed by atoms with Crippen LogP contribution in [0.1, 0.15) is 30.0 Å². The number of hydrogen-bond acceptors (Lipinski definition) is 2. The lowest BCUT2D eigenvalue weighted by molar-refractivity contribution is 0.571. The largest absolute Gasteiger partial charge is 0.399 e. The molecule has 0 aromatic heterocycles. The topological polar surface area (TPSA) is 52.0 Å². The molecule has 0 radical (unpaired) electrons. The number of nitrogens with two attached hydrogens (primary N) is 2. The molecule has 1 aliphatic carbocycles. The van der Waals surface area contributed by atoms with Crippen LogP contribution in [0.15, 0.2) is 18.2 Å². The van der Waals surface area contributed by atoms with Crippen molar-refractivity contribution >= 4 is 5.69 Å². The van der Waals surface area contributed by atoms with Crippen LogP contribution in [0.3, 0.4) is 0 Å². The first-order chi connectivity index (χ1) is 5.77. The maximum atomic E-state index is 5.96. The highest BCUT2D eigenvalue weighted by Crippen LogP contribution is 2.28. The second-order valence-electron chi connectivity index (χ2n) is 3.46. The van der Waals surface area contributed by atoms with Crippen molar-refractivity contribution in [2.75, 3.05) is 5.73 Å². The van der Waals surface area contributed by atoms with E-state index in [2.05, 4.69) is 6.07 Å². The normalized spacial score (nSPS) is 21.9. The zero-order valence-electron chi connectivity index (χ0n) is 7.09. The maximum Gasteiger partial charge on any atom is 0.0317 e. The van der Waals surface area contributed by atoms with Crippen LogP contribution in [0, 0.1) is 0 Å². The number of benzene rings is 1. The first kappa shape index (κ1) is 7.62. The highest BCUT2D eigenvalue weighted by molar-refractivity contribution is 5.46. The SMILES string of the molecule is Nc1ccc2c(c1)[C@H](N)CCC2. The van der Waals surface area contributed by atoms with Crippen molar-refractivity contribution in [2.45, 2.75) is 25.3 Å². The molecular formula is C10H14N2. The third-order valence-corrected chi connectivity index (χ3v) is 2.53. The van der Waals surface area contributed by atoms with Crippen LogP contribution in [-0.4, -0.2) is 0 Å². The van der Waals surface area contributed by atoms with Crippen LogP contribution >= 0.6 is 0 Å². The standard InChI is InChI=1S/C10H14N2/c11-8-5-4-7-2-1-3-10(12)9(7)6-8/h4-6,10H,1-3,11-12H2/t10-/m1/s1. The third kappa shape index (κ3) is 1.18. The second kappa shape index (κ2) is 2.79. The lowest BCUT2D eigenvalue weighted by Crippen LogP contribution is -2.17. The summed E-state index contributed by atoms with van der Waals surface area (Å²) in [5, 5.41) is 0. The molecule has 1 atom stereocenters. The molecule has 0 saturated heterocycles. The summed E-state index contributed by atoms with van der Waals surface area (Å²) in [5.74, 6) is 0. The Balaban J connectivity index is 2.47. The van der Waals surface area contributed by atoms with Gasteiger partial charge in [-0.3, -0.25) is 0 Å². The average Bonchev–Trinajstić information content (AvgIpc) is 2.07. The number of hydrogen-bond donors (Lipinski definition) is 2. The van der Waals surface area contributed by atoms with Gasteiger partial charge in [0.2, 0.25) is 0 Å². The van der Waals surface area contributed by atoms with E-state index in [-0.39, 0.29) is 6.04 Å². The molecule has 2 rings (SSSR count). The van der Waals surface area contributed by atoms with Crippen LogP contribution < -0.4 is 11.5 Å². The molecule has 0 heterocycles. The Kier molecular flexibility index (Phi) is 1.77. The summed E-state index contributed by atoms with van der Waals surface area (Å²) in [6.45, 7) is 0. The van der Waals surface area contributed by atoms with Crippen molar-refractivity contribution in [1.82, 2.24) is 0 Å². The van der Waals surface area contributed by atoms with Crippen molar-refractivity contribution in [3.63, 3.8) is 0 Å². The van der Waals surface area contributed by atoms with Gasteiger partial charge in [0.05, 0.1) is 0 Å². The average molecular weight is 162 g/mol. The Bertz CT molecular complexity index is 294. The first-order valence-corrected chi connectivity index (χ1v) is 4.41. The van der Waals surface area contributed by atoms with Gasteiger partial charge in [-0.2, -0.15) is 0 Å². The minimum absolute atomic E-state index is 0.206. The lowest BCUT2D eigenvalue weighted by atomic mass is 9.88. The van der Waals surface area contributed by atoms with Gasteiger partial charge in [0.1, 0.15) is 0 Å². The van der Waals surface area contributed by atoms with E-state index < -0.39 is 0 Å². The molecule has 0 bridgehead atoms. The smallest absolute Gasteiger partial charge is 0.0317 e. The summed E-state index contributed by atoms with van der Waals surface area (Å²) in [5.41, 5.74) is 15.1. The van der Waals surface area contributed by atoms with E-state index in [4.69, 9.17) is 11.5 Å². The molecule has 1 aromatic rings. The lowest BCUT2D eigenvalue weighted by Gasteiger charge is -2.22. The second-order valence-corrected chi connectivity index (χ2v) is 3.46. The summed E-state index contributed by atoms with van der Waals surface area (Å²) in [6, 6.07) is 6.27. The van der Waals surface area contributed by atoms with Crippen LogP contribution in [0.25, 0.3) is 0 Å². The third-order valence-electron chi connectivity index (χ3n) is 2.53. The Hall–Kier alpha value is -1.02. The molecule has 0 aliphatic heterocycles. The van der Waals surface area contributed by atoms with Crippen LogP contribution in [0.5, 0.6) is 0 Å². The van der Waals surface area contributed by atoms with Gasteiger partial charge in [-0.1, -0.05) is 6.07 Å². The fraction of sp³-hybridized carbons (Fsp3) is 0.400. The van der Waals surface area contributed by atoms with Gasteiger partial charge >= 0.3 is 0 Å². The summed E-state index contributed by atoms with van der Waals surface area (Å²) in [7, 11) is 0. The van der Waals surface area contributed by atoms with E-state index in [0.29, 0.717) is 0 Å². The van der Waals surface area contributed by atoms with E-state index >= 15 is 0 Å². The Morgan fingerprint density at radius 1 is 1.33 bits per heavy atom. The molecule has 0 spiro atoms. The Morgan fingerprint density at radius 3 is 3.00 bits per heavy atom. The van der Waals surface area contributed by atoms with Crippen LogP contribution in [-0.2, 0) is 6.42 Å². The quantitative estimate of drug-likeness (QED) is 0.569. The van der Waals surface area contributed by atoms with Crippen LogP contribution in [0.4, 0.5) is 5.69 Å². The number of anilines is 1. The molecule has 0 saturated carbocycles. The minimum Gasteiger partial charge on any atom is -0.399 e. The van der Waals surface area contributed by atoms with Crippen molar-refractivity contribution in [3.05, 3.63) is 29.3 Å². The molecule has 4 N–H and O–H groups in total. The molecule has 12 heavy (non-hydrogen) atoms. The van der Waals surface area contributed by atoms with E-state index in [1.54, 1.807) is 0 Å². The first-order valence-electron chi connectivity index (χ1n) is 4.41. The number of fused-ring (bicyclic) bond motifs is 1. The van der Waals surface area contributed by atoms with Gasteiger partial charge < -0.3 is 11.5 Å². The molecule has 0 unspecified atom stereocenters. The van der Waals surface area contributed by atoms with Crippen molar-refractivity contribution in [3.8, 4) is 0 Å². The fourth-order valence-electron chi connectivity index (χ4n) is 1.85. The van der Waals surface area contributed by atoms with Gasteiger partial charge in [-0.15, -0.1) is 0 Å². The molecular weight excluding hydrogens is 148 g/mol. The van der Waals surface area contributed by atoms with E-state index in [0.717, 1.165) is 18.5 Å². The predicted molar refractivity (Wildman–Crippen MR) is 50.7 cm³/mol. The molecule has 2 heteroatoms. The zero-order chi connectivity index (χ0) is 8.55. The van der Waals surface area contributed by atoms with E-state index in [1.165, 1.54) is 17.5 Å². The van der Waals surface area contributed by atoms with Gasteiger partial charge in [-0.25, -0.2) is 0 Å². The van der Waals surface area contributed by atoms with Gasteiger partial charge in [0.25, 0.3) is 0 Å². The van der Waals surface area contributed by atoms with Crippen molar-refractivity contribution in [2.24, 2.45) is 5.73 Å². The molecule has 64 valence electrons. The van der Waals surface area contributed by atoms with Gasteiger partial charge in [-0.05, 0) is 42.5 Å². The highest BCUT2D eigenvalue weighted by Gasteiger charge is 2.15. The number of nitrogen functional groups attached to an aromatic ring is 1. The molecule has 0 fully saturated rings. The van der Waals surface area contributed by atoms with E-state index in [9.17, 15) is 0 Å². The Labute approximate surface area is 72.6 Å². The van der Waals surface area contributed by atoms with Crippen molar-refractivity contribution in [1.29, 1.82) is 0 Å². The number of rotatable bonds is 0. The molecule has 2 nitrogen and oxygen atoms in total. The van der Waals surface area contributed by atoms with Gasteiger partial charge in [0, 0.05) is 11.7 Å². The summed E-state index contributed by atoms with van der Waals surface area (Å²) >= 11 is 0. The molecule has 1 aromatic carbocycles.